The second kappa shape index (κ2) is 4.53. The predicted octanol–water partition coefficient (Wildman–Crippen LogP) is 3.31. The molecule has 3 heteroatoms. The standard InChI is InChI=1S/C22H24N2O/c1-20-11-14-12-22(14,13-19(23)25)18-10-6-5-9-17(18)21(2,24-20)16-8-4-3-7-15(16)20/h3-10,14,24H,11-13H2,1-2H3,(H2,23,25)/t14-,20-,21-,22-/m1/s1. The van der Waals surface area contributed by atoms with Gasteiger partial charge in [0.15, 0.2) is 0 Å². The molecule has 0 unspecified atom stereocenters. The predicted molar refractivity (Wildman–Crippen MR) is 98.0 cm³/mol. The normalized spacial score (nSPS) is 37.3. The molecule has 0 spiro atoms. The zero-order valence-electron chi connectivity index (χ0n) is 14.8. The first-order valence-corrected chi connectivity index (χ1v) is 9.17. The lowest BCUT2D eigenvalue weighted by molar-refractivity contribution is -0.118. The number of carbonyl (C=O) groups is 1. The Labute approximate surface area is 148 Å². The van der Waals surface area contributed by atoms with Crippen LogP contribution in [0.3, 0.4) is 0 Å². The van der Waals surface area contributed by atoms with Crippen LogP contribution in [-0.2, 0) is 21.3 Å². The van der Waals surface area contributed by atoms with Crippen LogP contribution in [0.1, 0.15) is 55.4 Å². The number of amides is 1. The highest BCUT2D eigenvalue weighted by atomic mass is 16.1. The minimum atomic E-state index is -0.236. The van der Waals surface area contributed by atoms with Crippen molar-refractivity contribution in [2.24, 2.45) is 11.7 Å². The number of rotatable bonds is 2. The van der Waals surface area contributed by atoms with Crippen molar-refractivity contribution in [2.45, 2.75) is 49.6 Å². The number of nitrogens with one attached hydrogen (secondary N) is 1. The molecule has 25 heavy (non-hydrogen) atoms. The van der Waals surface area contributed by atoms with Crippen LogP contribution in [0.5, 0.6) is 0 Å². The van der Waals surface area contributed by atoms with Crippen LogP contribution in [-0.4, -0.2) is 5.91 Å². The van der Waals surface area contributed by atoms with E-state index in [-0.39, 0.29) is 22.4 Å². The lowest BCUT2D eigenvalue weighted by atomic mass is 9.76. The molecule has 4 atom stereocenters. The minimum absolute atomic E-state index is 0.0665. The summed E-state index contributed by atoms with van der Waals surface area (Å²) >= 11 is 0. The fourth-order valence-electron chi connectivity index (χ4n) is 5.91. The SMILES string of the molecule is C[C@]12N[C@](C)(C[C@@H]3C[C@]3(CC(N)=O)c3ccccc31)c1ccccc12. The first kappa shape index (κ1) is 15.2. The molecule has 0 aromatic heterocycles. The summed E-state index contributed by atoms with van der Waals surface area (Å²) in [5.74, 6) is 0.306. The molecule has 2 bridgehead atoms. The Morgan fingerprint density at radius 2 is 1.56 bits per heavy atom. The molecule has 3 N–H and O–H groups in total. The van der Waals surface area contributed by atoms with Gasteiger partial charge in [0.25, 0.3) is 0 Å². The number of fused-ring (bicyclic) bond motifs is 9. The van der Waals surface area contributed by atoms with Gasteiger partial charge in [-0.05, 0) is 54.9 Å². The van der Waals surface area contributed by atoms with E-state index in [1.807, 2.05) is 0 Å². The second-order valence-corrected chi connectivity index (χ2v) is 8.58. The highest BCUT2D eigenvalue weighted by Gasteiger charge is 2.63. The zero-order valence-corrected chi connectivity index (χ0v) is 14.8. The number of primary amides is 1. The van der Waals surface area contributed by atoms with Crippen molar-refractivity contribution in [3.05, 3.63) is 70.8 Å². The van der Waals surface area contributed by atoms with Crippen LogP contribution in [0, 0.1) is 5.92 Å². The summed E-state index contributed by atoms with van der Waals surface area (Å²) in [5, 5.41) is 3.98. The van der Waals surface area contributed by atoms with Gasteiger partial charge in [-0.25, -0.2) is 0 Å². The average molecular weight is 332 g/mol. The summed E-state index contributed by atoms with van der Waals surface area (Å²) < 4.78 is 0. The molecule has 1 saturated carbocycles. The molecule has 3 nitrogen and oxygen atoms in total. The maximum atomic E-state index is 11.9. The molecule has 2 aromatic carbocycles. The summed E-state index contributed by atoms with van der Waals surface area (Å²) in [6.45, 7) is 4.61. The van der Waals surface area contributed by atoms with Gasteiger partial charge in [0.05, 0.1) is 5.54 Å². The van der Waals surface area contributed by atoms with Gasteiger partial charge in [-0.15, -0.1) is 0 Å². The molecule has 3 aliphatic rings. The molecule has 5 rings (SSSR count). The van der Waals surface area contributed by atoms with E-state index >= 15 is 0 Å². The molecule has 2 aliphatic heterocycles. The fraction of sp³-hybridized carbons (Fsp3) is 0.409. The Morgan fingerprint density at radius 1 is 1.00 bits per heavy atom. The van der Waals surface area contributed by atoms with E-state index in [1.165, 1.54) is 22.3 Å². The molecule has 1 fully saturated rings. The van der Waals surface area contributed by atoms with Crippen molar-refractivity contribution in [3.63, 3.8) is 0 Å². The van der Waals surface area contributed by atoms with Crippen molar-refractivity contribution >= 4 is 5.91 Å². The summed E-state index contributed by atoms with van der Waals surface area (Å²) in [7, 11) is 0. The van der Waals surface area contributed by atoms with Crippen molar-refractivity contribution in [1.82, 2.24) is 5.32 Å². The van der Waals surface area contributed by atoms with Crippen LogP contribution in [0.4, 0.5) is 0 Å². The van der Waals surface area contributed by atoms with Gasteiger partial charge in [-0.3, -0.25) is 10.1 Å². The van der Waals surface area contributed by atoms with Gasteiger partial charge in [0, 0.05) is 17.4 Å². The van der Waals surface area contributed by atoms with Gasteiger partial charge in [0.1, 0.15) is 0 Å². The van der Waals surface area contributed by atoms with Gasteiger partial charge in [0.2, 0.25) is 5.91 Å². The van der Waals surface area contributed by atoms with Gasteiger partial charge >= 0.3 is 0 Å². The van der Waals surface area contributed by atoms with E-state index in [1.54, 1.807) is 0 Å². The van der Waals surface area contributed by atoms with Crippen molar-refractivity contribution in [1.29, 1.82) is 0 Å². The van der Waals surface area contributed by atoms with Gasteiger partial charge in [-0.2, -0.15) is 0 Å². The summed E-state index contributed by atoms with van der Waals surface area (Å²) in [4.78, 5) is 11.9. The lowest BCUT2D eigenvalue weighted by Crippen LogP contribution is -2.47. The molecule has 1 amide bonds. The minimum Gasteiger partial charge on any atom is -0.370 e. The Kier molecular flexibility index (Phi) is 2.74. The van der Waals surface area contributed by atoms with Crippen LogP contribution >= 0.6 is 0 Å². The maximum absolute atomic E-state index is 11.9. The van der Waals surface area contributed by atoms with Crippen LogP contribution in [0.25, 0.3) is 0 Å². The molecule has 1 aliphatic carbocycles. The fourth-order valence-corrected chi connectivity index (χ4v) is 5.91. The molecule has 0 saturated heterocycles. The van der Waals surface area contributed by atoms with Crippen LogP contribution in [0.15, 0.2) is 48.5 Å². The quantitative estimate of drug-likeness (QED) is 0.886. The van der Waals surface area contributed by atoms with E-state index in [2.05, 4.69) is 67.7 Å². The van der Waals surface area contributed by atoms with Crippen molar-refractivity contribution < 1.29 is 4.79 Å². The van der Waals surface area contributed by atoms with Gasteiger partial charge in [-0.1, -0.05) is 48.5 Å². The molecule has 2 heterocycles. The van der Waals surface area contributed by atoms with E-state index < -0.39 is 0 Å². The van der Waals surface area contributed by atoms with Gasteiger partial charge < -0.3 is 5.73 Å². The smallest absolute Gasteiger partial charge is 0.218 e. The molecular weight excluding hydrogens is 308 g/mol. The molecule has 0 radical (unpaired) electrons. The summed E-state index contributed by atoms with van der Waals surface area (Å²) in [5.41, 5.74) is 10.7. The number of nitrogens with two attached hydrogens (primary N) is 1. The van der Waals surface area contributed by atoms with E-state index in [9.17, 15) is 4.79 Å². The number of hydrogen-bond donors (Lipinski definition) is 2. The Morgan fingerprint density at radius 3 is 2.20 bits per heavy atom. The van der Waals surface area contributed by atoms with Crippen molar-refractivity contribution in [2.75, 3.05) is 0 Å². The largest absolute Gasteiger partial charge is 0.370 e. The van der Waals surface area contributed by atoms with E-state index in [0.717, 1.165) is 12.8 Å². The zero-order chi connectivity index (χ0) is 17.4. The Balaban J connectivity index is 1.80. The highest BCUT2D eigenvalue weighted by Crippen LogP contribution is 2.65. The number of hydrogen-bond acceptors (Lipinski definition) is 2. The second-order valence-electron chi connectivity index (χ2n) is 8.58. The van der Waals surface area contributed by atoms with Crippen LogP contribution < -0.4 is 11.1 Å². The van der Waals surface area contributed by atoms with E-state index in [4.69, 9.17) is 5.73 Å². The summed E-state index contributed by atoms with van der Waals surface area (Å²) in [6.07, 6.45) is 2.56. The maximum Gasteiger partial charge on any atom is 0.218 e. The Hall–Kier alpha value is -2.13. The first-order chi connectivity index (χ1) is 11.9. The lowest BCUT2D eigenvalue weighted by Gasteiger charge is -2.38. The Bertz CT molecular complexity index is 906. The van der Waals surface area contributed by atoms with Crippen molar-refractivity contribution in [3.8, 4) is 0 Å². The summed E-state index contributed by atoms with van der Waals surface area (Å²) in [6, 6.07) is 17.4. The first-order valence-electron chi connectivity index (χ1n) is 9.17. The topological polar surface area (TPSA) is 55.1 Å². The molecular formula is C22H24N2O. The third-order valence-corrected chi connectivity index (χ3v) is 6.96. The average Bonchev–Trinajstić information content (AvgIpc) is 3.18. The third-order valence-electron chi connectivity index (χ3n) is 6.96. The number of benzene rings is 2. The number of carbonyl (C=O) groups excluding carboxylic acids is 1. The molecule has 2 aromatic rings. The monoisotopic (exact) mass is 332 g/mol. The third kappa shape index (κ3) is 1.82. The van der Waals surface area contributed by atoms with Crippen LogP contribution in [0.2, 0.25) is 0 Å². The van der Waals surface area contributed by atoms with E-state index in [0.29, 0.717) is 12.3 Å². The highest BCUT2D eigenvalue weighted by molar-refractivity contribution is 5.77. The molecule has 128 valence electrons.